The predicted molar refractivity (Wildman–Crippen MR) is 86.2 cm³/mol. The van der Waals surface area contributed by atoms with E-state index >= 15 is 0 Å². The number of benzene rings is 1. The van der Waals surface area contributed by atoms with Gasteiger partial charge in [0.05, 0.1) is 11.3 Å². The van der Waals surface area contributed by atoms with Gasteiger partial charge in [0.25, 0.3) is 5.91 Å². The van der Waals surface area contributed by atoms with Gasteiger partial charge in [-0.3, -0.25) is 14.3 Å². The fourth-order valence-electron chi connectivity index (χ4n) is 2.51. The molecule has 0 bridgehead atoms. The smallest absolute Gasteiger partial charge is 0.303 e. The third-order valence-electron chi connectivity index (χ3n) is 3.62. The number of hydrogen-bond donors (Lipinski definition) is 2. The summed E-state index contributed by atoms with van der Waals surface area (Å²) in [6, 6.07) is 9.48. The van der Waals surface area contributed by atoms with Crippen molar-refractivity contribution >= 4 is 11.9 Å². The minimum Gasteiger partial charge on any atom is -0.481 e. The molecule has 2 aromatic rings. The molecule has 0 aliphatic carbocycles. The van der Waals surface area contributed by atoms with Gasteiger partial charge in [0.2, 0.25) is 0 Å². The van der Waals surface area contributed by atoms with E-state index in [1.54, 1.807) is 24.9 Å². The van der Waals surface area contributed by atoms with Crippen molar-refractivity contribution in [1.82, 2.24) is 15.1 Å². The molecule has 1 unspecified atom stereocenters. The van der Waals surface area contributed by atoms with Crippen LogP contribution in [-0.4, -0.2) is 32.8 Å². The number of carbonyl (C=O) groups excluding carboxylic acids is 1. The Morgan fingerprint density at radius 3 is 2.57 bits per heavy atom. The lowest BCUT2D eigenvalue weighted by atomic mass is 10.0. The summed E-state index contributed by atoms with van der Waals surface area (Å²) in [5, 5.41) is 16.0. The molecular formula is C17H21N3O3. The molecule has 122 valence electrons. The Labute approximate surface area is 135 Å². The minimum atomic E-state index is -0.866. The van der Waals surface area contributed by atoms with Gasteiger partial charge in [0.15, 0.2) is 0 Å². The number of rotatable bonds is 7. The highest BCUT2D eigenvalue weighted by Gasteiger charge is 2.18. The van der Waals surface area contributed by atoms with Gasteiger partial charge in [-0.2, -0.15) is 5.10 Å². The van der Waals surface area contributed by atoms with E-state index in [9.17, 15) is 9.59 Å². The zero-order chi connectivity index (χ0) is 16.8. The van der Waals surface area contributed by atoms with Gasteiger partial charge in [-0.25, -0.2) is 0 Å². The summed E-state index contributed by atoms with van der Waals surface area (Å²) in [6.07, 6.45) is 2.67. The number of carboxylic acids is 1. The van der Waals surface area contributed by atoms with Crippen LogP contribution < -0.4 is 5.32 Å². The Morgan fingerprint density at radius 1 is 1.30 bits per heavy atom. The normalized spacial score (nSPS) is 11.9. The Balaban J connectivity index is 2.08. The molecule has 1 heterocycles. The molecule has 6 nitrogen and oxygen atoms in total. The lowest BCUT2D eigenvalue weighted by Gasteiger charge is -2.18. The highest BCUT2D eigenvalue weighted by molar-refractivity contribution is 5.95. The largest absolute Gasteiger partial charge is 0.481 e. The quantitative estimate of drug-likeness (QED) is 0.818. The number of hydrogen-bond acceptors (Lipinski definition) is 3. The summed E-state index contributed by atoms with van der Waals surface area (Å²) in [5.74, 6) is -1.09. The van der Waals surface area contributed by atoms with Crippen LogP contribution in [0, 0.1) is 6.92 Å². The van der Waals surface area contributed by atoms with Gasteiger partial charge in [-0.1, -0.05) is 30.3 Å². The SMILES string of the molecule is Cc1nn(C)cc1C(=O)NC(CCC(=O)O)Cc1ccccc1. The van der Waals surface area contributed by atoms with Gasteiger partial charge in [-0.15, -0.1) is 0 Å². The fraction of sp³-hybridized carbons (Fsp3) is 0.353. The van der Waals surface area contributed by atoms with E-state index in [0.29, 0.717) is 24.1 Å². The van der Waals surface area contributed by atoms with Crippen molar-refractivity contribution in [3.63, 3.8) is 0 Å². The summed E-state index contributed by atoms with van der Waals surface area (Å²) in [7, 11) is 1.76. The van der Waals surface area contributed by atoms with Crippen LogP contribution in [0.4, 0.5) is 0 Å². The number of aryl methyl sites for hydroxylation is 2. The molecule has 2 N–H and O–H groups in total. The van der Waals surface area contributed by atoms with Gasteiger partial charge in [0.1, 0.15) is 0 Å². The molecule has 1 aromatic heterocycles. The van der Waals surface area contributed by atoms with Gasteiger partial charge in [-0.05, 0) is 25.3 Å². The first kappa shape index (κ1) is 16.7. The molecular weight excluding hydrogens is 294 g/mol. The minimum absolute atomic E-state index is 0.0177. The highest BCUT2D eigenvalue weighted by Crippen LogP contribution is 2.11. The molecule has 6 heteroatoms. The molecule has 0 aliphatic rings. The highest BCUT2D eigenvalue weighted by atomic mass is 16.4. The standard InChI is InChI=1S/C17H21N3O3/c1-12-15(11-20(2)19-12)17(23)18-14(8-9-16(21)22)10-13-6-4-3-5-7-13/h3-7,11,14H,8-10H2,1-2H3,(H,18,23)(H,21,22). The van der Waals surface area contributed by atoms with Crippen LogP contribution in [0.3, 0.4) is 0 Å². The average molecular weight is 315 g/mol. The van der Waals surface area contributed by atoms with Crippen molar-refractivity contribution in [2.75, 3.05) is 0 Å². The maximum absolute atomic E-state index is 12.4. The maximum Gasteiger partial charge on any atom is 0.303 e. The van der Waals surface area contributed by atoms with Crippen LogP contribution in [0.5, 0.6) is 0 Å². The third kappa shape index (κ3) is 4.95. The first-order valence-electron chi connectivity index (χ1n) is 7.52. The first-order chi connectivity index (χ1) is 11.0. The van der Waals surface area contributed by atoms with E-state index in [4.69, 9.17) is 5.11 Å². The van der Waals surface area contributed by atoms with E-state index < -0.39 is 5.97 Å². The van der Waals surface area contributed by atoms with E-state index in [-0.39, 0.29) is 18.4 Å². The van der Waals surface area contributed by atoms with E-state index in [2.05, 4.69) is 10.4 Å². The van der Waals surface area contributed by atoms with E-state index in [1.807, 2.05) is 30.3 Å². The molecule has 0 aliphatic heterocycles. The van der Waals surface area contributed by atoms with Crippen LogP contribution in [0.25, 0.3) is 0 Å². The Bertz CT molecular complexity index is 680. The average Bonchev–Trinajstić information content (AvgIpc) is 2.84. The first-order valence-corrected chi connectivity index (χ1v) is 7.52. The molecule has 1 aromatic carbocycles. The second-order valence-corrected chi connectivity index (χ2v) is 5.59. The Hall–Kier alpha value is -2.63. The van der Waals surface area contributed by atoms with Gasteiger partial charge in [0, 0.05) is 25.7 Å². The Morgan fingerprint density at radius 2 is 2.00 bits per heavy atom. The van der Waals surface area contributed by atoms with Crippen LogP contribution in [0.2, 0.25) is 0 Å². The van der Waals surface area contributed by atoms with Crippen molar-refractivity contribution in [2.24, 2.45) is 7.05 Å². The monoisotopic (exact) mass is 315 g/mol. The molecule has 0 spiro atoms. The zero-order valence-electron chi connectivity index (χ0n) is 13.3. The summed E-state index contributed by atoms with van der Waals surface area (Å²) in [6.45, 7) is 1.78. The number of aromatic nitrogens is 2. The van der Waals surface area contributed by atoms with Crippen molar-refractivity contribution in [2.45, 2.75) is 32.2 Å². The number of nitrogens with zero attached hydrogens (tertiary/aromatic N) is 2. The van der Waals surface area contributed by atoms with Crippen molar-refractivity contribution in [3.8, 4) is 0 Å². The topological polar surface area (TPSA) is 84.2 Å². The summed E-state index contributed by atoms with van der Waals surface area (Å²) in [5.41, 5.74) is 2.23. The number of aliphatic carboxylic acids is 1. The van der Waals surface area contributed by atoms with Crippen LogP contribution in [0.15, 0.2) is 36.5 Å². The van der Waals surface area contributed by atoms with Gasteiger partial charge >= 0.3 is 5.97 Å². The molecule has 0 radical (unpaired) electrons. The van der Waals surface area contributed by atoms with Crippen LogP contribution >= 0.6 is 0 Å². The number of amides is 1. The number of carbonyl (C=O) groups is 2. The summed E-state index contributed by atoms with van der Waals surface area (Å²) >= 11 is 0. The molecule has 0 fully saturated rings. The molecule has 23 heavy (non-hydrogen) atoms. The second kappa shape index (κ2) is 7.58. The van der Waals surface area contributed by atoms with Crippen LogP contribution in [-0.2, 0) is 18.3 Å². The summed E-state index contributed by atoms with van der Waals surface area (Å²) in [4.78, 5) is 23.3. The predicted octanol–water partition coefficient (Wildman–Crippen LogP) is 1.93. The third-order valence-corrected chi connectivity index (χ3v) is 3.62. The maximum atomic E-state index is 12.4. The van der Waals surface area contributed by atoms with Crippen molar-refractivity contribution in [1.29, 1.82) is 0 Å². The molecule has 1 amide bonds. The van der Waals surface area contributed by atoms with E-state index in [0.717, 1.165) is 5.56 Å². The lowest BCUT2D eigenvalue weighted by Crippen LogP contribution is -2.37. The fourth-order valence-corrected chi connectivity index (χ4v) is 2.51. The molecule has 2 rings (SSSR count). The Kier molecular flexibility index (Phi) is 5.51. The second-order valence-electron chi connectivity index (χ2n) is 5.59. The molecule has 1 atom stereocenters. The molecule has 0 saturated heterocycles. The lowest BCUT2D eigenvalue weighted by molar-refractivity contribution is -0.137. The zero-order valence-corrected chi connectivity index (χ0v) is 13.3. The van der Waals surface area contributed by atoms with Gasteiger partial charge < -0.3 is 10.4 Å². The summed E-state index contributed by atoms with van der Waals surface area (Å²) < 4.78 is 1.59. The van der Waals surface area contributed by atoms with Crippen LogP contribution in [0.1, 0.15) is 34.5 Å². The van der Waals surface area contributed by atoms with Crippen molar-refractivity contribution < 1.29 is 14.7 Å². The van der Waals surface area contributed by atoms with E-state index in [1.165, 1.54) is 0 Å². The van der Waals surface area contributed by atoms with Crippen molar-refractivity contribution in [3.05, 3.63) is 53.3 Å². The number of nitrogens with one attached hydrogen (secondary N) is 1. The molecule has 0 saturated carbocycles. The number of carboxylic acid groups (broad SMARTS) is 1.